The van der Waals surface area contributed by atoms with Gasteiger partial charge < -0.3 is 10.4 Å². The van der Waals surface area contributed by atoms with Crippen molar-refractivity contribution in [1.29, 1.82) is 0 Å². The highest BCUT2D eigenvalue weighted by Crippen LogP contribution is 1.99. The Morgan fingerprint density at radius 1 is 1.43 bits per heavy atom. The summed E-state index contributed by atoms with van der Waals surface area (Å²) in [4.78, 5) is 0. The van der Waals surface area contributed by atoms with Crippen LogP contribution in [0, 0.1) is 0 Å². The Morgan fingerprint density at radius 3 is 2.36 bits per heavy atom. The van der Waals surface area contributed by atoms with E-state index in [1.165, 1.54) is 0 Å². The average Bonchev–Trinajstić information content (AvgIpc) is 2.19. The molecule has 0 amide bonds. The van der Waals surface area contributed by atoms with Crippen LogP contribution in [0.15, 0.2) is 36.5 Å². The molecule has 0 aliphatic rings. The fourth-order valence-corrected chi connectivity index (χ4v) is 0.810. The third-order valence-electron chi connectivity index (χ3n) is 1.31. The number of rotatable bonds is 6. The van der Waals surface area contributed by atoms with Crippen LogP contribution in [0.5, 0.6) is 0 Å². The highest BCUT2D eigenvalue weighted by atomic mass is 16.3. The first-order valence-corrected chi connectivity index (χ1v) is 5.00. The van der Waals surface area contributed by atoms with Crippen LogP contribution < -0.4 is 5.32 Å². The number of nitrogens with one attached hydrogen (secondary N) is 1. The highest BCUT2D eigenvalue weighted by Gasteiger charge is 1.90. The summed E-state index contributed by atoms with van der Waals surface area (Å²) in [5.41, 5.74) is 2.10. The summed E-state index contributed by atoms with van der Waals surface area (Å²) < 4.78 is 0. The molecule has 2 nitrogen and oxygen atoms in total. The van der Waals surface area contributed by atoms with Gasteiger partial charge in [-0.1, -0.05) is 44.7 Å². The summed E-state index contributed by atoms with van der Waals surface area (Å²) >= 11 is 0. The molecule has 2 heteroatoms. The van der Waals surface area contributed by atoms with Gasteiger partial charge in [-0.05, 0) is 12.5 Å². The molecule has 0 heterocycles. The van der Waals surface area contributed by atoms with Gasteiger partial charge in [-0.25, -0.2) is 0 Å². The molecule has 0 atom stereocenters. The van der Waals surface area contributed by atoms with E-state index in [0.717, 1.165) is 17.7 Å². The monoisotopic (exact) mass is 197 g/mol. The fourth-order valence-electron chi connectivity index (χ4n) is 0.810. The number of aliphatic hydroxyl groups is 1. The van der Waals surface area contributed by atoms with Crippen molar-refractivity contribution in [2.75, 3.05) is 19.7 Å². The Hall–Kier alpha value is -0.860. The third-order valence-corrected chi connectivity index (χ3v) is 1.31. The van der Waals surface area contributed by atoms with Gasteiger partial charge in [-0.2, -0.15) is 0 Å². The zero-order valence-electron chi connectivity index (χ0n) is 9.64. The number of aliphatic hydroxyl groups excluding tert-OH is 1. The Bertz CT molecular complexity index is 183. The van der Waals surface area contributed by atoms with Gasteiger partial charge in [0.2, 0.25) is 0 Å². The Morgan fingerprint density at radius 2 is 2.00 bits per heavy atom. The van der Waals surface area contributed by atoms with Crippen LogP contribution in [-0.4, -0.2) is 24.8 Å². The number of hydrogen-bond acceptors (Lipinski definition) is 2. The molecule has 14 heavy (non-hydrogen) atoms. The molecule has 0 unspecified atom stereocenters. The van der Waals surface area contributed by atoms with Gasteiger partial charge in [0, 0.05) is 13.1 Å². The van der Waals surface area contributed by atoms with Gasteiger partial charge in [-0.15, -0.1) is 0 Å². The van der Waals surface area contributed by atoms with E-state index in [-0.39, 0.29) is 6.61 Å². The van der Waals surface area contributed by atoms with Crippen molar-refractivity contribution in [2.24, 2.45) is 0 Å². The SMILES string of the molecule is C=C/C(=C\C(=C)C)CNCCO.CC. The van der Waals surface area contributed by atoms with E-state index in [1.807, 2.05) is 26.8 Å². The van der Waals surface area contributed by atoms with Gasteiger partial charge in [0.15, 0.2) is 0 Å². The predicted octanol–water partition coefficient (Wildman–Crippen LogP) is 2.28. The van der Waals surface area contributed by atoms with Gasteiger partial charge in [0.05, 0.1) is 6.61 Å². The second kappa shape index (κ2) is 12.1. The molecule has 0 saturated heterocycles. The van der Waals surface area contributed by atoms with Crippen molar-refractivity contribution >= 4 is 0 Å². The lowest BCUT2D eigenvalue weighted by molar-refractivity contribution is 0.294. The third kappa shape index (κ3) is 11.1. The summed E-state index contributed by atoms with van der Waals surface area (Å²) in [5, 5.41) is 11.6. The second-order valence-electron chi connectivity index (χ2n) is 2.67. The maximum Gasteiger partial charge on any atom is 0.0556 e. The predicted molar refractivity (Wildman–Crippen MR) is 64.4 cm³/mol. The summed E-state index contributed by atoms with van der Waals surface area (Å²) in [7, 11) is 0. The summed E-state index contributed by atoms with van der Waals surface area (Å²) in [6, 6.07) is 0. The molecule has 0 fully saturated rings. The van der Waals surface area contributed by atoms with Crippen LogP contribution in [0.3, 0.4) is 0 Å². The van der Waals surface area contributed by atoms with E-state index in [0.29, 0.717) is 6.54 Å². The van der Waals surface area contributed by atoms with Crippen LogP contribution in [0.4, 0.5) is 0 Å². The van der Waals surface area contributed by atoms with Crippen LogP contribution in [-0.2, 0) is 0 Å². The van der Waals surface area contributed by atoms with Crippen molar-refractivity contribution in [2.45, 2.75) is 20.8 Å². The molecule has 0 aromatic carbocycles. The molecule has 0 rings (SSSR count). The van der Waals surface area contributed by atoms with E-state index in [1.54, 1.807) is 6.08 Å². The normalized spacial score (nSPS) is 10.1. The van der Waals surface area contributed by atoms with Crippen molar-refractivity contribution < 1.29 is 5.11 Å². The van der Waals surface area contributed by atoms with Crippen LogP contribution >= 0.6 is 0 Å². The average molecular weight is 197 g/mol. The largest absolute Gasteiger partial charge is 0.395 e. The first-order valence-electron chi connectivity index (χ1n) is 5.00. The molecule has 0 bridgehead atoms. The quantitative estimate of drug-likeness (QED) is 0.506. The molecule has 0 aliphatic heterocycles. The Kier molecular flexibility index (Phi) is 13.5. The fraction of sp³-hybridized carbons (Fsp3) is 0.500. The summed E-state index contributed by atoms with van der Waals surface area (Å²) in [5.74, 6) is 0. The summed E-state index contributed by atoms with van der Waals surface area (Å²) in [6.07, 6.45) is 3.76. The van der Waals surface area contributed by atoms with Crippen LogP contribution in [0.25, 0.3) is 0 Å². The maximum absolute atomic E-state index is 8.51. The van der Waals surface area contributed by atoms with Crippen molar-refractivity contribution in [1.82, 2.24) is 5.32 Å². The van der Waals surface area contributed by atoms with E-state index >= 15 is 0 Å². The number of allylic oxidation sites excluding steroid dienone is 2. The molecule has 0 aromatic rings. The molecule has 0 aromatic heterocycles. The van der Waals surface area contributed by atoms with Crippen molar-refractivity contribution in [3.63, 3.8) is 0 Å². The first kappa shape index (κ1) is 15.6. The lowest BCUT2D eigenvalue weighted by Gasteiger charge is -2.03. The van der Waals surface area contributed by atoms with Gasteiger partial charge in [0.1, 0.15) is 0 Å². The molecule has 0 spiro atoms. The van der Waals surface area contributed by atoms with Crippen LogP contribution in [0.1, 0.15) is 20.8 Å². The van der Waals surface area contributed by atoms with E-state index in [2.05, 4.69) is 18.5 Å². The highest BCUT2D eigenvalue weighted by molar-refractivity contribution is 5.27. The maximum atomic E-state index is 8.51. The minimum absolute atomic E-state index is 0.164. The second-order valence-corrected chi connectivity index (χ2v) is 2.67. The van der Waals surface area contributed by atoms with E-state index in [4.69, 9.17) is 5.11 Å². The zero-order chi connectivity index (χ0) is 11.4. The van der Waals surface area contributed by atoms with Gasteiger partial charge in [0.25, 0.3) is 0 Å². The first-order chi connectivity index (χ1) is 6.70. The Balaban J connectivity index is 0. The molecule has 82 valence electrons. The molecule has 0 radical (unpaired) electrons. The standard InChI is InChI=1S/C10H17NO.C2H6/c1-4-10(7-9(2)3)8-11-5-6-12;1-2/h4,7,11-12H,1-2,5-6,8H2,3H3;1-2H3/b10-7+;. The minimum atomic E-state index is 0.164. The minimum Gasteiger partial charge on any atom is -0.395 e. The van der Waals surface area contributed by atoms with Crippen molar-refractivity contribution in [3.05, 3.63) is 36.5 Å². The number of hydrogen-bond donors (Lipinski definition) is 2. The molecule has 0 saturated carbocycles. The lowest BCUT2D eigenvalue weighted by atomic mass is 10.2. The molecule has 0 aliphatic carbocycles. The molecular weight excluding hydrogens is 174 g/mol. The van der Waals surface area contributed by atoms with E-state index in [9.17, 15) is 0 Å². The Labute approximate surface area is 88.0 Å². The van der Waals surface area contributed by atoms with Gasteiger partial charge >= 0.3 is 0 Å². The smallest absolute Gasteiger partial charge is 0.0556 e. The molecular formula is C12H23NO. The van der Waals surface area contributed by atoms with E-state index < -0.39 is 0 Å². The van der Waals surface area contributed by atoms with Crippen molar-refractivity contribution in [3.8, 4) is 0 Å². The van der Waals surface area contributed by atoms with Gasteiger partial charge in [-0.3, -0.25) is 0 Å². The topological polar surface area (TPSA) is 32.3 Å². The lowest BCUT2D eigenvalue weighted by Crippen LogP contribution is -2.20. The summed E-state index contributed by atoms with van der Waals surface area (Å²) in [6.45, 7) is 14.9. The molecule has 2 N–H and O–H groups in total. The zero-order valence-corrected chi connectivity index (χ0v) is 9.64. The van der Waals surface area contributed by atoms with Crippen LogP contribution in [0.2, 0.25) is 0 Å².